The van der Waals surface area contributed by atoms with E-state index in [1.807, 2.05) is 0 Å². The van der Waals surface area contributed by atoms with Crippen molar-refractivity contribution in [2.24, 2.45) is 5.90 Å². The summed E-state index contributed by atoms with van der Waals surface area (Å²) in [6.45, 7) is 8.98. The molecule has 0 spiro atoms. The van der Waals surface area contributed by atoms with Crippen LogP contribution in [0.2, 0.25) is 0 Å². The van der Waals surface area contributed by atoms with E-state index in [1.165, 1.54) is 21.2 Å². The second-order valence-corrected chi connectivity index (χ2v) is 5.36. The van der Waals surface area contributed by atoms with E-state index >= 15 is 0 Å². The summed E-state index contributed by atoms with van der Waals surface area (Å²) < 4.78 is 1.17. The fraction of sp³-hybridized carbons (Fsp3) is 0.500. The number of aryl methyl sites for hydroxylation is 1. The van der Waals surface area contributed by atoms with Gasteiger partial charge in [0, 0.05) is 9.89 Å². The van der Waals surface area contributed by atoms with Gasteiger partial charge in [-0.05, 0) is 30.5 Å². The fourth-order valence-electron chi connectivity index (χ4n) is 1.84. The van der Waals surface area contributed by atoms with Gasteiger partial charge in [-0.2, -0.15) is 0 Å². The lowest BCUT2D eigenvalue weighted by molar-refractivity contribution is 0.0962. The lowest BCUT2D eigenvalue weighted by Gasteiger charge is -2.26. The Balaban J connectivity index is 3.21. The molecule has 0 aliphatic heterocycles. The second kappa shape index (κ2) is 4.64. The lowest BCUT2D eigenvalue weighted by Crippen LogP contribution is -2.27. The van der Waals surface area contributed by atoms with Crippen molar-refractivity contribution in [1.29, 1.82) is 0 Å². The van der Waals surface area contributed by atoms with Crippen LogP contribution in [0.25, 0.3) is 0 Å². The predicted molar refractivity (Wildman–Crippen MR) is 66.8 cm³/mol. The Labute approximate surface area is 99.9 Å². The van der Waals surface area contributed by atoms with Crippen LogP contribution in [0.1, 0.15) is 30.5 Å². The molecule has 0 aromatic heterocycles. The summed E-state index contributed by atoms with van der Waals surface area (Å²) >= 11 is 3.60. The molecular weight excluding hydrogens is 254 g/mol. The average Bonchev–Trinajstić information content (AvgIpc) is 2.13. The summed E-state index contributed by atoms with van der Waals surface area (Å²) in [4.78, 5) is 4.77. The molecule has 0 saturated carbocycles. The van der Waals surface area contributed by atoms with Gasteiger partial charge in [-0.3, -0.25) is 0 Å². The van der Waals surface area contributed by atoms with E-state index in [0.29, 0.717) is 6.61 Å². The SMILES string of the molecule is Cc1ccc(C(C)(C)CON)c(C)c1Br. The van der Waals surface area contributed by atoms with Gasteiger partial charge in [-0.15, -0.1) is 0 Å². The number of rotatable bonds is 3. The molecule has 0 aliphatic rings. The Bertz CT molecular complexity index is 361. The van der Waals surface area contributed by atoms with Gasteiger partial charge in [-0.25, -0.2) is 5.90 Å². The Hall–Kier alpha value is -0.380. The van der Waals surface area contributed by atoms with Crippen molar-refractivity contribution in [2.75, 3.05) is 6.61 Å². The number of nitrogens with two attached hydrogens (primary N) is 1. The Morgan fingerprint density at radius 2 is 1.93 bits per heavy atom. The topological polar surface area (TPSA) is 35.2 Å². The minimum atomic E-state index is -0.0605. The molecule has 1 aromatic rings. The van der Waals surface area contributed by atoms with Gasteiger partial charge >= 0.3 is 0 Å². The minimum Gasteiger partial charge on any atom is -0.304 e. The summed E-state index contributed by atoms with van der Waals surface area (Å²) in [5.41, 5.74) is 3.72. The zero-order valence-corrected chi connectivity index (χ0v) is 11.3. The van der Waals surface area contributed by atoms with Crippen LogP contribution in [-0.2, 0) is 10.3 Å². The number of hydrogen-bond donors (Lipinski definition) is 1. The molecule has 84 valence electrons. The van der Waals surface area contributed by atoms with E-state index in [0.717, 1.165) is 0 Å². The molecular formula is C12H18BrNO. The molecule has 0 radical (unpaired) electrons. The third kappa shape index (κ3) is 2.60. The summed E-state index contributed by atoms with van der Waals surface area (Å²) in [6, 6.07) is 4.26. The molecule has 1 aromatic carbocycles. The summed E-state index contributed by atoms with van der Waals surface area (Å²) in [5.74, 6) is 5.16. The normalized spacial score (nSPS) is 11.9. The first-order chi connectivity index (χ1) is 6.90. The Kier molecular flexibility index (Phi) is 3.93. The lowest BCUT2D eigenvalue weighted by atomic mass is 9.82. The highest BCUT2D eigenvalue weighted by atomic mass is 79.9. The first-order valence-corrected chi connectivity index (χ1v) is 5.77. The second-order valence-electron chi connectivity index (χ2n) is 4.56. The quantitative estimate of drug-likeness (QED) is 0.857. The molecule has 15 heavy (non-hydrogen) atoms. The maximum Gasteiger partial charge on any atom is 0.0770 e. The molecule has 2 N–H and O–H groups in total. The van der Waals surface area contributed by atoms with Gasteiger partial charge in [-0.1, -0.05) is 41.9 Å². The molecule has 0 amide bonds. The van der Waals surface area contributed by atoms with Crippen molar-refractivity contribution in [3.63, 3.8) is 0 Å². The largest absolute Gasteiger partial charge is 0.304 e. The molecule has 2 nitrogen and oxygen atoms in total. The van der Waals surface area contributed by atoms with Crippen molar-refractivity contribution in [3.8, 4) is 0 Å². The highest BCUT2D eigenvalue weighted by molar-refractivity contribution is 9.10. The van der Waals surface area contributed by atoms with E-state index in [-0.39, 0.29) is 5.41 Å². The first kappa shape index (κ1) is 12.7. The molecule has 0 bridgehead atoms. The Morgan fingerprint density at radius 3 is 2.47 bits per heavy atom. The number of hydrogen-bond acceptors (Lipinski definition) is 2. The van der Waals surface area contributed by atoms with Gasteiger partial charge in [0.15, 0.2) is 0 Å². The van der Waals surface area contributed by atoms with Crippen LogP contribution in [0.3, 0.4) is 0 Å². The van der Waals surface area contributed by atoms with E-state index in [2.05, 4.69) is 55.8 Å². The molecule has 0 atom stereocenters. The Morgan fingerprint density at radius 1 is 1.33 bits per heavy atom. The zero-order valence-electron chi connectivity index (χ0n) is 9.73. The third-order valence-electron chi connectivity index (χ3n) is 2.75. The van der Waals surface area contributed by atoms with Crippen molar-refractivity contribution in [3.05, 3.63) is 33.3 Å². The maximum atomic E-state index is 5.16. The van der Waals surface area contributed by atoms with Crippen LogP contribution in [0, 0.1) is 13.8 Å². The van der Waals surface area contributed by atoms with Gasteiger partial charge in [0.25, 0.3) is 0 Å². The molecule has 0 fully saturated rings. The summed E-state index contributed by atoms with van der Waals surface area (Å²) in [5, 5.41) is 0. The molecule has 0 unspecified atom stereocenters. The molecule has 0 heterocycles. The van der Waals surface area contributed by atoms with Gasteiger partial charge in [0.05, 0.1) is 6.61 Å². The van der Waals surface area contributed by atoms with Crippen molar-refractivity contribution < 1.29 is 4.84 Å². The summed E-state index contributed by atoms with van der Waals surface area (Å²) in [6.07, 6.45) is 0. The third-order valence-corrected chi connectivity index (χ3v) is 3.97. The minimum absolute atomic E-state index is 0.0605. The number of benzene rings is 1. The van der Waals surface area contributed by atoms with Crippen molar-refractivity contribution in [2.45, 2.75) is 33.1 Å². The highest BCUT2D eigenvalue weighted by Gasteiger charge is 2.23. The predicted octanol–water partition coefficient (Wildman–Crippen LogP) is 3.23. The van der Waals surface area contributed by atoms with Crippen LogP contribution >= 0.6 is 15.9 Å². The average molecular weight is 272 g/mol. The van der Waals surface area contributed by atoms with E-state index < -0.39 is 0 Å². The van der Waals surface area contributed by atoms with Gasteiger partial charge in [0.2, 0.25) is 0 Å². The van der Waals surface area contributed by atoms with E-state index in [9.17, 15) is 0 Å². The van der Waals surface area contributed by atoms with Gasteiger partial charge < -0.3 is 4.84 Å². The monoisotopic (exact) mass is 271 g/mol. The van der Waals surface area contributed by atoms with Crippen molar-refractivity contribution in [1.82, 2.24) is 0 Å². The van der Waals surface area contributed by atoms with Gasteiger partial charge in [0.1, 0.15) is 0 Å². The maximum absolute atomic E-state index is 5.16. The van der Waals surface area contributed by atoms with E-state index in [4.69, 9.17) is 10.7 Å². The standard InChI is InChI=1S/C12H18BrNO/c1-8-5-6-10(9(2)11(8)13)12(3,4)7-15-14/h5-6H,7,14H2,1-4H3. The molecule has 1 rings (SSSR count). The molecule has 0 aliphatic carbocycles. The molecule has 3 heteroatoms. The van der Waals surface area contributed by atoms with Crippen molar-refractivity contribution >= 4 is 15.9 Å². The highest BCUT2D eigenvalue weighted by Crippen LogP contribution is 2.32. The van der Waals surface area contributed by atoms with Crippen LogP contribution in [-0.4, -0.2) is 6.61 Å². The first-order valence-electron chi connectivity index (χ1n) is 4.98. The van der Waals surface area contributed by atoms with Crippen LogP contribution < -0.4 is 5.90 Å². The smallest absolute Gasteiger partial charge is 0.0770 e. The van der Waals surface area contributed by atoms with Crippen LogP contribution in [0.15, 0.2) is 16.6 Å². The van der Waals surface area contributed by atoms with Crippen LogP contribution in [0.5, 0.6) is 0 Å². The molecule has 0 saturated heterocycles. The van der Waals surface area contributed by atoms with E-state index in [1.54, 1.807) is 0 Å². The fourth-order valence-corrected chi connectivity index (χ4v) is 2.19. The van der Waals surface area contributed by atoms with Crippen LogP contribution in [0.4, 0.5) is 0 Å². The number of halogens is 1. The summed E-state index contributed by atoms with van der Waals surface area (Å²) in [7, 11) is 0. The zero-order chi connectivity index (χ0) is 11.6.